The maximum Gasteiger partial charge on any atom is 0.244 e. The molecule has 1 aromatic carbocycles. The minimum atomic E-state index is -0.427. The van der Waals surface area contributed by atoms with Crippen LogP contribution in [0.3, 0.4) is 0 Å². The Hall–Kier alpha value is -2.41. The summed E-state index contributed by atoms with van der Waals surface area (Å²) in [6, 6.07) is 9.08. The van der Waals surface area contributed by atoms with Gasteiger partial charge < -0.3 is 14.8 Å². The summed E-state index contributed by atoms with van der Waals surface area (Å²) in [5.74, 6) is 0.681. The van der Waals surface area contributed by atoms with Crippen LogP contribution in [0.1, 0.15) is 31.5 Å². The van der Waals surface area contributed by atoms with Crippen LogP contribution in [0.25, 0.3) is 0 Å². The number of hydrogen-bond acceptors (Lipinski definition) is 5. The van der Waals surface area contributed by atoms with E-state index in [-0.39, 0.29) is 12.0 Å². The highest BCUT2D eigenvalue weighted by Gasteiger charge is 2.20. The Kier molecular flexibility index (Phi) is 5.43. The van der Waals surface area contributed by atoms with Gasteiger partial charge in [-0.1, -0.05) is 23.4 Å². The summed E-state index contributed by atoms with van der Waals surface area (Å²) in [6.45, 7) is 3.43. The van der Waals surface area contributed by atoms with Gasteiger partial charge in [0.1, 0.15) is 24.1 Å². The van der Waals surface area contributed by atoms with Crippen molar-refractivity contribution < 1.29 is 14.3 Å². The Morgan fingerprint density at radius 1 is 1.46 bits per heavy atom. The van der Waals surface area contributed by atoms with Crippen molar-refractivity contribution in [3.63, 3.8) is 0 Å². The van der Waals surface area contributed by atoms with Crippen LogP contribution in [0.5, 0.6) is 5.75 Å². The van der Waals surface area contributed by atoms with E-state index in [1.165, 1.54) is 0 Å². The highest BCUT2D eigenvalue weighted by Crippen LogP contribution is 2.13. The molecule has 1 saturated heterocycles. The maximum absolute atomic E-state index is 12.2. The van der Waals surface area contributed by atoms with Crippen molar-refractivity contribution in [2.24, 2.45) is 0 Å². The zero-order valence-electron chi connectivity index (χ0n) is 13.7. The summed E-state index contributed by atoms with van der Waals surface area (Å²) in [6.07, 6.45) is 3.93. The molecule has 7 nitrogen and oxygen atoms in total. The summed E-state index contributed by atoms with van der Waals surface area (Å²) in [5.41, 5.74) is 0.678. The molecule has 2 atom stereocenters. The largest absolute Gasteiger partial charge is 0.487 e. The average Bonchev–Trinajstić information content (AvgIpc) is 3.30. The number of carbonyl (C=O) groups excluding carboxylic acids is 1. The van der Waals surface area contributed by atoms with Gasteiger partial charge in [-0.15, -0.1) is 5.10 Å². The lowest BCUT2D eigenvalue weighted by molar-refractivity contribution is -0.124. The molecule has 3 rings (SSSR count). The van der Waals surface area contributed by atoms with E-state index in [1.807, 2.05) is 30.3 Å². The number of nitrogens with zero attached hydrogens (tertiary/aromatic N) is 3. The molecule has 0 saturated carbocycles. The number of hydrogen-bond donors (Lipinski definition) is 1. The molecule has 1 aliphatic rings. The molecular formula is C17H22N4O3. The standard InChI is InChI=1S/C17H22N4O3/c1-13(17(22)18-10-16-8-5-9-23-16)21-11-14(19-20-21)12-24-15-6-3-2-4-7-15/h2-4,6-7,11,13,16H,5,8-10,12H2,1H3,(H,18,22)/t13-,16-/m0/s1. The number of rotatable bonds is 7. The first-order valence-electron chi connectivity index (χ1n) is 8.20. The molecule has 0 spiro atoms. The maximum atomic E-state index is 12.2. The molecular weight excluding hydrogens is 308 g/mol. The van der Waals surface area contributed by atoms with Crippen LogP contribution >= 0.6 is 0 Å². The third-order valence-electron chi connectivity index (χ3n) is 3.99. The molecule has 1 aliphatic heterocycles. The second-order valence-corrected chi connectivity index (χ2v) is 5.85. The van der Waals surface area contributed by atoms with E-state index in [0.29, 0.717) is 18.8 Å². The van der Waals surface area contributed by atoms with Gasteiger partial charge >= 0.3 is 0 Å². The monoisotopic (exact) mass is 330 g/mol. The molecule has 2 aromatic rings. The van der Waals surface area contributed by atoms with Crippen LogP contribution in [-0.4, -0.2) is 40.2 Å². The molecule has 1 aromatic heterocycles. The molecule has 0 aliphatic carbocycles. The number of benzene rings is 1. The van der Waals surface area contributed by atoms with Gasteiger partial charge in [-0.3, -0.25) is 4.79 Å². The van der Waals surface area contributed by atoms with Gasteiger partial charge in [0.25, 0.3) is 0 Å². The molecule has 128 valence electrons. The van der Waals surface area contributed by atoms with Crippen LogP contribution in [0.15, 0.2) is 36.5 Å². The topological polar surface area (TPSA) is 78.3 Å². The van der Waals surface area contributed by atoms with E-state index in [2.05, 4.69) is 15.6 Å². The van der Waals surface area contributed by atoms with E-state index in [1.54, 1.807) is 17.8 Å². The average molecular weight is 330 g/mol. The molecule has 1 N–H and O–H groups in total. The quantitative estimate of drug-likeness (QED) is 0.836. The van der Waals surface area contributed by atoms with Crippen LogP contribution in [-0.2, 0) is 16.1 Å². The predicted molar refractivity (Wildman–Crippen MR) is 87.5 cm³/mol. The highest BCUT2D eigenvalue weighted by atomic mass is 16.5. The van der Waals surface area contributed by atoms with Gasteiger partial charge in [0.15, 0.2) is 0 Å². The predicted octanol–water partition coefficient (Wildman–Crippen LogP) is 1.71. The Balaban J connectivity index is 1.49. The van der Waals surface area contributed by atoms with Crippen LogP contribution in [0, 0.1) is 0 Å². The van der Waals surface area contributed by atoms with E-state index < -0.39 is 6.04 Å². The molecule has 24 heavy (non-hydrogen) atoms. The molecule has 0 bridgehead atoms. The zero-order chi connectivity index (χ0) is 16.8. The number of carbonyl (C=O) groups is 1. The van der Waals surface area contributed by atoms with Gasteiger partial charge in [0, 0.05) is 13.2 Å². The van der Waals surface area contributed by atoms with Crippen molar-refractivity contribution in [2.45, 2.75) is 38.5 Å². The second kappa shape index (κ2) is 7.92. The molecule has 1 fully saturated rings. The molecule has 0 unspecified atom stereocenters. The van der Waals surface area contributed by atoms with E-state index in [0.717, 1.165) is 25.2 Å². The molecule has 1 amide bonds. The summed E-state index contributed by atoms with van der Waals surface area (Å²) in [7, 11) is 0. The first-order valence-corrected chi connectivity index (χ1v) is 8.20. The van der Waals surface area contributed by atoms with Gasteiger partial charge in [-0.2, -0.15) is 0 Å². The fourth-order valence-electron chi connectivity index (χ4n) is 2.53. The van der Waals surface area contributed by atoms with Crippen molar-refractivity contribution in [1.82, 2.24) is 20.3 Å². The molecule has 7 heteroatoms. The minimum Gasteiger partial charge on any atom is -0.487 e. The Morgan fingerprint density at radius 3 is 3.04 bits per heavy atom. The summed E-state index contributed by atoms with van der Waals surface area (Å²) in [4.78, 5) is 12.2. The highest BCUT2D eigenvalue weighted by molar-refractivity contribution is 5.79. The lowest BCUT2D eigenvalue weighted by Gasteiger charge is -2.14. The van der Waals surface area contributed by atoms with Gasteiger partial charge in [-0.25, -0.2) is 4.68 Å². The van der Waals surface area contributed by atoms with Crippen molar-refractivity contribution in [3.05, 3.63) is 42.2 Å². The number of nitrogens with one attached hydrogen (secondary N) is 1. The van der Waals surface area contributed by atoms with Crippen molar-refractivity contribution in [1.29, 1.82) is 0 Å². The number of ether oxygens (including phenoxy) is 2. The number of amides is 1. The third-order valence-corrected chi connectivity index (χ3v) is 3.99. The van der Waals surface area contributed by atoms with Crippen LogP contribution in [0.2, 0.25) is 0 Å². The normalized spacial score (nSPS) is 18.3. The summed E-state index contributed by atoms with van der Waals surface area (Å²) < 4.78 is 12.7. The lowest BCUT2D eigenvalue weighted by atomic mass is 10.2. The van der Waals surface area contributed by atoms with Gasteiger partial charge in [0.05, 0.1) is 12.3 Å². The van der Waals surface area contributed by atoms with Gasteiger partial charge in [0.2, 0.25) is 5.91 Å². The van der Waals surface area contributed by atoms with E-state index in [4.69, 9.17) is 9.47 Å². The second-order valence-electron chi connectivity index (χ2n) is 5.85. The third kappa shape index (κ3) is 4.32. The van der Waals surface area contributed by atoms with Crippen LogP contribution in [0.4, 0.5) is 0 Å². The number of aromatic nitrogens is 3. The Morgan fingerprint density at radius 2 is 2.29 bits per heavy atom. The van der Waals surface area contributed by atoms with Gasteiger partial charge in [-0.05, 0) is 31.9 Å². The summed E-state index contributed by atoms with van der Waals surface area (Å²) in [5, 5.41) is 11.0. The van der Waals surface area contributed by atoms with E-state index in [9.17, 15) is 4.79 Å². The van der Waals surface area contributed by atoms with Crippen molar-refractivity contribution in [3.8, 4) is 5.75 Å². The SMILES string of the molecule is C[C@@H](C(=O)NC[C@@H]1CCCO1)n1cc(COc2ccccc2)nn1. The first kappa shape index (κ1) is 16.4. The Bertz CT molecular complexity index is 653. The van der Waals surface area contributed by atoms with Crippen LogP contribution < -0.4 is 10.1 Å². The molecule has 2 heterocycles. The summed E-state index contributed by atoms with van der Waals surface area (Å²) >= 11 is 0. The molecule has 0 radical (unpaired) electrons. The fourth-order valence-corrected chi connectivity index (χ4v) is 2.53. The zero-order valence-corrected chi connectivity index (χ0v) is 13.7. The minimum absolute atomic E-state index is 0.0917. The number of para-hydroxylation sites is 1. The van der Waals surface area contributed by atoms with Crippen molar-refractivity contribution in [2.75, 3.05) is 13.2 Å². The first-order chi connectivity index (χ1) is 11.7. The smallest absolute Gasteiger partial charge is 0.244 e. The Labute approximate surface area is 141 Å². The fraction of sp³-hybridized carbons (Fsp3) is 0.471. The van der Waals surface area contributed by atoms with E-state index >= 15 is 0 Å². The van der Waals surface area contributed by atoms with Crippen molar-refractivity contribution >= 4 is 5.91 Å². The lowest BCUT2D eigenvalue weighted by Crippen LogP contribution is -2.36.